The second-order valence-electron chi connectivity index (χ2n) is 11.4. The molecule has 1 N–H and O–H groups in total. The van der Waals surface area contributed by atoms with Crippen LogP contribution in [0.15, 0.2) is 125 Å². The second kappa shape index (κ2) is 12.9. The van der Waals surface area contributed by atoms with Crippen LogP contribution in [0, 0.1) is 0 Å². The third kappa shape index (κ3) is 5.52. The zero-order valence-corrected chi connectivity index (χ0v) is 25.7. The number of carbonyl (C=O) groups excluding carboxylic acids is 2. The summed E-state index contributed by atoms with van der Waals surface area (Å²) < 4.78 is 12.5. The molecule has 4 aromatic carbocycles. The number of ether oxygens (including phenoxy) is 2. The number of fused-ring (bicyclic) bond motifs is 1. The molecule has 2 aliphatic rings. The predicted octanol–water partition coefficient (Wildman–Crippen LogP) is 7.26. The van der Waals surface area contributed by atoms with Gasteiger partial charge in [-0.3, -0.25) is 14.6 Å². The van der Waals surface area contributed by atoms with Crippen LogP contribution in [0.3, 0.4) is 0 Å². The van der Waals surface area contributed by atoms with Crippen molar-refractivity contribution in [1.82, 2.24) is 4.90 Å². The van der Waals surface area contributed by atoms with Crippen molar-refractivity contribution in [2.75, 3.05) is 0 Å². The fraction of sp³-hybridized carbons (Fsp3) is 0.211. The summed E-state index contributed by atoms with van der Waals surface area (Å²) >= 11 is 0. The number of carbonyl (C=O) groups is 3. The molecule has 8 nitrogen and oxygen atoms in total. The zero-order chi connectivity index (χ0) is 32.3. The molecule has 2 unspecified atom stereocenters. The molecule has 4 aromatic rings. The third-order valence-electron chi connectivity index (χ3n) is 8.45. The fourth-order valence-electron chi connectivity index (χ4n) is 6.26. The molecule has 2 amide bonds. The molecule has 2 aliphatic heterocycles. The van der Waals surface area contributed by atoms with E-state index in [4.69, 9.17) is 14.5 Å². The van der Waals surface area contributed by atoms with Gasteiger partial charge in [-0.15, -0.1) is 0 Å². The molecule has 232 valence electrons. The summed E-state index contributed by atoms with van der Waals surface area (Å²) in [5.74, 6) is -1.41. The van der Waals surface area contributed by atoms with Crippen molar-refractivity contribution < 1.29 is 29.0 Å². The summed E-state index contributed by atoms with van der Waals surface area (Å²) in [6.07, 6.45) is 0.0818. The Labute approximate surface area is 267 Å². The highest BCUT2D eigenvalue weighted by atomic mass is 16.5. The Morgan fingerprint density at radius 3 is 2.04 bits per heavy atom. The summed E-state index contributed by atoms with van der Waals surface area (Å²) in [4.78, 5) is 47.8. The molecule has 46 heavy (non-hydrogen) atoms. The van der Waals surface area contributed by atoms with Crippen LogP contribution in [-0.2, 0) is 22.6 Å². The Bertz CT molecular complexity index is 1810. The Morgan fingerprint density at radius 2 is 1.41 bits per heavy atom. The first-order chi connectivity index (χ1) is 22.3. The molecule has 0 bridgehead atoms. The van der Waals surface area contributed by atoms with E-state index in [2.05, 4.69) is 0 Å². The second-order valence-corrected chi connectivity index (χ2v) is 11.4. The number of para-hydroxylation sites is 1. The van der Waals surface area contributed by atoms with Crippen molar-refractivity contribution in [3.05, 3.63) is 143 Å². The van der Waals surface area contributed by atoms with Crippen molar-refractivity contribution >= 4 is 23.5 Å². The Balaban J connectivity index is 1.47. The minimum Gasteiger partial charge on any atom is -0.479 e. The van der Waals surface area contributed by atoms with Crippen LogP contribution in [0.4, 0.5) is 0 Å². The topological polar surface area (TPSA) is 106 Å². The number of allylic oxidation sites excluding steroid dienone is 1. The van der Waals surface area contributed by atoms with E-state index in [9.17, 15) is 19.5 Å². The molecule has 0 radical (unpaired) electrons. The van der Waals surface area contributed by atoms with E-state index in [1.807, 2.05) is 91.9 Å². The molecule has 6 rings (SSSR count). The molecule has 0 saturated heterocycles. The lowest BCUT2D eigenvalue weighted by Crippen LogP contribution is -2.68. The van der Waals surface area contributed by atoms with Gasteiger partial charge in [0.2, 0.25) is 5.54 Å². The summed E-state index contributed by atoms with van der Waals surface area (Å²) in [6, 6.07) is 32.7. The lowest BCUT2D eigenvalue weighted by molar-refractivity contribution is -0.152. The highest BCUT2D eigenvalue weighted by Gasteiger charge is 2.63. The number of nitrogens with zero attached hydrogens (tertiary/aromatic N) is 2. The van der Waals surface area contributed by atoms with E-state index >= 15 is 0 Å². The number of benzene rings is 4. The van der Waals surface area contributed by atoms with Crippen LogP contribution in [0.2, 0.25) is 0 Å². The lowest BCUT2D eigenvalue weighted by Gasteiger charge is -2.46. The Morgan fingerprint density at radius 1 is 0.826 bits per heavy atom. The SMILES string of the molecule is CCCC1=NC(Cc2cccc(Oc3ccccc3)c2)=C(C)C(C(=O)O)(N2C(=O)c3ccccc3C2=O)C1OCc1ccccc1. The van der Waals surface area contributed by atoms with Gasteiger partial charge in [-0.25, -0.2) is 9.69 Å². The van der Waals surface area contributed by atoms with Crippen molar-refractivity contribution in [3.8, 4) is 11.5 Å². The van der Waals surface area contributed by atoms with Crippen LogP contribution in [0.1, 0.15) is 58.5 Å². The minimum atomic E-state index is -2.18. The first-order valence-corrected chi connectivity index (χ1v) is 15.3. The monoisotopic (exact) mass is 614 g/mol. The van der Waals surface area contributed by atoms with Gasteiger partial charge in [0, 0.05) is 12.1 Å². The van der Waals surface area contributed by atoms with Crippen LogP contribution in [0.5, 0.6) is 11.5 Å². The number of aliphatic imine (C=N–C) groups is 1. The van der Waals surface area contributed by atoms with E-state index in [0.29, 0.717) is 35.7 Å². The van der Waals surface area contributed by atoms with Crippen LogP contribution in [0.25, 0.3) is 0 Å². The number of carboxylic acids is 1. The number of amides is 2. The maximum atomic E-state index is 14.0. The molecular weight excluding hydrogens is 580 g/mol. The number of aliphatic carboxylic acids is 1. The van der Waals surface area contributed by atoms with Crippen molar-refractivity contribution in [3.63, 3.8) is 0 Å². The van der Waals surface area contributed by atoms with E-state index in [1.54, 1.807) is 31.2 Å². The van der Waals surface area contributed by atoms with Crippen molar-refractivity contribution in [2.45, 2.75) is 51.4 Å². The van der Waals surface area contributed by atoms with Crippen LogP contribution < -0.4 is 4.74 Å². The van der Waals surface area contributed by atoms with E-state index in [1.165, 1.54) is 0 Å². The smallest absolute Gasteiger partial charge is 0.337 e. The zero-order valence-electron chi connectivity index (χ0n) is 25.7. The number of rotatable bonds is 11. The molecule has 0 spiro atoms. The molecule has 0 fully saturated rings. The summed E-state index contributed by atoms with van der Waals surface area (Å²) in [5, 5.41) is 11.2. The van der Waals surface area contributed by atoms with Crippen molar-refractivity contribution in [2.24, 2.45) is 4.99 Å². The molecule has 0 saturated carbocycles. The number of carboxylic acid groups (broad SMARTS) is 1. The van der Waals surface area contributed by atoms with E-state index < -0.39 is 29.4 Å². The van der Waals surface area contributed by atoms with E-state index in [-0.39, 0.29) is 29.7 Å². The van der Waals surface area contributed by atoms with Crippen LogP contribution >= 0.6 is 0 Å². The average molecular weight is 615 g/mol. The molecular formula is C38H34N2O6. The first-order valence-electron chi connectivity index (χ1n) is 15.3. The Hall–Kier alpha value is -5.34. The molecule has 8 heteroatoms. The summed E-state index contributed by atoms with van der Waals surface area (Å²) in [7, 11) is 0. The van der Waals surface area contributed by atoms with Gasteiger partial charge >= 0.3 is 5.97 Å². The maximum absolute atomic E-state index is 14.0. The molecule has 0 aromatic heterocycles. The molecule has 2 atom stereocenters. The minimum absolute atomic E-state index is 0.0634. The van der Waals surface area contributed by atoms with Gasteiger partial charge in [0.25, 0.3) is 11.8 Å². The largest absolute Gasteiger partial charge is 0.479 e. The highest BCUT2D eigenvalue weighted by molar-refractivity contribution is 6.24. The summed E-state index contributed by atoms with van der Waals surface area (Å²) in [5.41, 5.74) is 0.983. The number of hydrogen-bond acceptors (Lipinski definition) is 6. The van der Waals surface area contributed by atoms with Gasteiger partial charge in [-0.2, -0.15) is 0 Å². The molecule has 0 aliphatic carbocycles. The standard InChI is InChI=1S/C38H34N2O6/c1-3-13-32-34(45-24-26-14-6-4-7-15-26)38(37(43)44,40-35(41)30-20-10-11-21-31(30)36(40)42)25(2)33(39-32)23-27-16-12-19-29(22-27)46-28-17-8-5-9-18-28/h4-12,14-22,34H,3,13,23-24H2,1-2H3,(H,43,44). The van der Waals surface area contributed by atoms with E-state index in [0.717, 1.165) is 16.0 Å². The predicted molar refractivity (Wildman–Crippen MR) is 174 cm³/mol. The molecule has 2 heterocycles. The fourth-order valence-corrected chi connectivity index (χ4v) is 6.26. The van der Waals surface area contributed by atoms with Gasteiger partial charge in [0.1, 0.15) is 17.6 Å². The quantitative estimate of drug-likeness (QED) is 0.178. The highest BCUT2D eigenvalue weighted by Crippen LogP contribution is 2.43. The van der Waals surface area contributed by atoms with Crippen LogP contribution in [-0.4, -0.2) is 45.1 Å². The third-order valence-corrected chi connectivity index (χ3v) is 8.45. The summed E-state index contributed by atoms with van der Waals surface area (Å²) in [6.45, 7) is 3.67. The van der Waals surface area contributed by atoms with Gasteiger partial charge in [0.05, 0.1) is 23.4 Å². The first kappa shape index (κ1) is 30.7. The maximum Gasteiger partial charge on any atom is 0.337 e. The van der Waals surface area contributed by atoms with Crippen molar-refractivity contribution in [1.29, 1.82) is 0 Å². The van der Waals surface area contributed by atoms with Gasteiger partial charge < -0.3 is 14.6 Å². The number of imide groups is 1. The lowest BCUT2D eigenvalue weighted by atomic mass is 9.76. The normalized spacial score (nSPS) is 19.2. The Kier molecular flexibility index (Phi) is 8.63. The average Bonchev–Trinajstić information content (AvgIpc) is 3.32. The van der Waals surface area contributed by atoms with Gasteiger partial charge in [-0.05, 0) is 66.4 Å². The number of hydrogen-bond donors (Lipinski definition) is 1. The van der Waals surface area contributed by atoms with Gasteiger partial charge in [0.15, 0.2) is 0 Å². The van der Waals surface area contributed by atoms with Gasteiger partial charge in [-0.1, -0.05) is 86.1 Å².